The topological polar surface area (TPSA) is 76.1 Å². The maximum absolute atomic E-state index is 13.9. The summed E-state index contributed by atoms with van der Waals surface area (Å²) in [4.78, 5) is 27.9. The minimum absolute atomic E-state index is 0.108. The number of halogens is 1. The molecule has 2 heterocycles. The Hall–Kier alpha value is -3.65. The van der Waals surface area contributed by atoms with Crippen LogP contribution in [0.15, 0.2) is 65.6 Å². The Labute approximate surface area is 181 Å². The Bertz CT molecular complexity index is 1190. The minimum atomic E-state index is -0.919. The summed E-state index contributed by atoms with van der Waals surface area (Å²) in [5.74, 6) is -1.92. The molecular weight excluding hydrogens is 421 g/mol. The number of aliphatic hydroxyl groups is 1. The maximum atomic E-state index is 13.9. The lowest BCUT2D eigenvalue weighted by Crippen LogP contribution is -2.29. The van der Waals surface area contributed by atoms with Crippen molar-refractivity contribution in [1.82, 2.24) is 0 Å². The van der Waals surface area contributed by atoms with Gasteiger partial charge in [0, 0.05) is 10.6 Å². The van der Waals surface area contributed by atoms with Crippen LogP contribution in [-0.4, -0.2) is 31.0 Å². The first-order chi connectivity index (χ1) is 15.0. The summed E-state index contributed by atoms with van der Waals surface area (Å²) in [6.45, 7) is 0. The highest BCUT2D eigenvalue weighted by molar-refractivity contribution is 7.10. The van der Waals surface area contributed by atoms with E-state index in [1.807, 2.05) is 0 Å². The molecule has 1 aliphatic heterocycles. The van der Waals surface area contributed by atoms with Crippen LogP contribution in [-0.2, 0) is 9.59 Å². The highest BCUT2D eigenvalue weighted by Crippen LogP contribution is 2.44. The maximum Gasteiger partial charge on any atom is 0.300 e. The molecule has 158 valence electrons. The molecule has 6 nitrogen and oxygen atoms in total. The zero-order valence-corrected chi connectivity index (χ0v) is 17.5. The lowest BCUT2D eigenvalue weighted by molar-refractivity contribution is -0.132. The van der Waals surface area contributed by atoms with E-state index in [2.05, 4.69) is 0 Å². The van der Waals surface area contributed by atoms with E-state index < -0.39 is 29.3 Å². The number of rotatable bonds is 5. The summed E-state index contributed by atoms with van der Waals surface area (Å²) < 4.78 is 24.5. The molecule has 0 aliphatic carbocycles. The van der Waals surface area contributed by atoms with E-state index >= 15 is 0 Å². The molecule has 1 atom stereocenters. The van der Waals surface area contributed by atoms with Gasteiger partial charge in [-0.05, 0) is 47.8 Å². The Morgan fingerprint density at radius 1 is 1.06 bits per heavy atom. The number of aliphatic hydroxyl groups excluding tert-OH is 1. The molecule has 0 bridgehead atoms. The van der Waals surface area contributed by atoms with Gasteiger partial charge in [0.05, 0.1) is 25.4 Å². The third-order valence-electron chi connectivity index (χ3n) is 5.01. The molecule has 3 aromatic rings. The Morgan fingerprint density at radius 3 is 2.52 bits per heavy atom. The third-order valence-corrected chi connectivity index (χ3v) is 5.93. The number of carbonyl (C=O) groups excluding carboxylic acids is 2. The van der Waals surface area contributed by atoms with Crippen molar-refractivity contribution in [2.45, 2.75) is 6.04 Å². The molecular formula is C23H18FNO5S. The van der Waals surface area contributed by atoms with Gasteiger partial charge in [-0.25, -0.2) is 4.39 Å². The van der Waals surface area contributed by atoms with Crippen LogP contribution in [0.3, 0.4) is 0 Å². The number of anilines is 1. The number of nitrogens with zero attached hydrogens (tertiary/aromatic N) is 1. The lowest BCUT2D eigenvalue weighted by atomic mass is 9.99. The molecule has 31 heavy (non-hydrogen) atoms. The summed E-state index contributed by atoms with van der Waals surface area (Å²) in [7, 11) is 2.90. The Kier molecular flexibility index (Phi) is 5.48. The molecule has 0 radical (unpaired) electrons. The van der Waals surface area contributed by atoms with Crippen molar-refractivity contribution in [3.8, 4) is 11.5 Å². The molecule has 1 unspecified atom stereocenters. The smallest absolute Gasteiger partial charge is 0.300 e. The average molecular weight is 439 g/mol. The minimum Gasteiger partial charge on any atom is -0.507 e. The standard InChI is InChI=1S/C23H18FNO5S/c1-29-15-8-9-17(30-2)16(12-15)21(26)19-20(18-7-4-10-31-18)25(23(28)22(19)27)14-6-3-5-13(24)11-14/h3-12,20,26H,1-2H3/b21-19-. The molecule has 0 spiro atoms. The number of Topliss-reactive ketones (excluding diaryl/α,β-unsaturated/α-hetero) is 1. The highest BCUT2D eigenvalue weighted by Gasteiger charge is 2.47. The van der Waals surface area contributed by atoms with Crippen molar-refractivity contribution in [1.29, 1.82) is 0 Å². The van der Waals surface area contributed by atoms with Crippen molar-refractivity contribution in [2.75, 3.05) is 19.1 Å². The largest absolute Gasteiger partial charge is 0.507 e. The van der Waals surface area contributed by atoms with E-state index in [0.29, 0.717) is 16.4 Å². The number of hydrogen-bond acceptors (Lipinski definition) is 6. The monoisotopic (exact) mass is 439 g/mol. The average Bonchev–Trinajstić information content (AvgIpc) is 3.40. The first-order valence-electron chi connectivity index (χ1n) is 9.28. The number of ketones is 1. The SMILES string of the molecule is COc1ccc(OC)c(/C(O)=C2/C(=O)C(=O)N(c3cccc(F)c3)C2c2cccs2)c1. The van der Waals surface area contributed by atoms with Gasteiger partial charge >= 0.3 is 0 Å². The van der Waals surface area contributed by atoms with E-state index in [1.54, 1.807) is 35.7 Å². The van der Waals surface area contributed by atoms with Gasteiger partial charge in [-0.3, -0.25) is 14.5 Å². The van der Waals surface area contributed by atoms with Crippen LogP contribution in [0.4, 0.5) is 10.1 Å². The zero-order chi connectivity index (χ0) is 22.1. The molecule has 1 aromatic heterocycles. The molecule has 1 amide bonds. The zero-order valence-electron chi connectivity index (χ0n) is 16.7. The van der Waals surface area contributed by atoms with Crippen LogP contribution in [0.1, 0.15) is 16.5 Å². The molecule has 1 N–H and O–H groups in total. The van der Waals surface area contributed by atoms with Gasteiger partial charge in [0.2, 0.25) is 0 Å². The Morgan fingerprint density at radius 2 is 1.87 bits per heavy atom. The van der Waals surface area contributed by atoms with Gasteiger partial charge in [-0.15, -0.1) is 11.3 Å². The number of benzene rings is 2. The van der Waals surface area contributed by atoms with Crippen LogP contribution in [0.5, 0.6) is 11.5 Å². The second-order valence-electron chi connectivity index (χ2n) is 6.73. The summed E-state index contributed by atoms with van der Waals surface area (Å²) in [5, 5.41) is 13.0. The predicted octanol–water partition coefficient (Wildman–Crippen LogP) is 4.53. The molecule has 1 saturated heterocycles. The molecule has 2 aromatic carbocycles. The van der Waals surface area contributed by atoms with E-state index in [1.165, 1.54) is 54.7 Å². The van der Waals surface area contributed by atoms with Gasteiger partial charge in [0.1, 0.15) is 29.1 Å². The fourth-order valence-corrected chi connectivity index (χ4v) is 4.41. The van der Waals surface area contributed by atoms with Gasteiger partial charge in [-0.2, -0.15) is 0 Å². The van der Waals surface area contributed by atoms with Crippen LogP contribution < -0.4 is 14.4 Å². The first kappa shape index (κ1) is 20.6. The summed E-state index contributed by atoms with van der Waals surface area (Å²) in [5.41, 5.74) is 0.320. The summed E-state index contributed by atoms with van der Waals surface area (Å²) >= 11 is 1.32. The fraction of sp³-hybridized carbons (Fsp3) is 0.130. The summed E-state index contributed by atoms with van der Waals surface area (Å²) in [6, 6.07) is 12.8. The van der Waals surface area contributed by atoms with E-state index in [0.717, 1.165) is 0 Å². The van der Waals surface area contributed by atoms with E-state index in [-0.39, 0.29) is 16.8 Å². The van der Waals surface area contributed by atoms with Crippen molar-refractivity contribution < 1.29 is 28.6 Å². The van der Waals surface area contributed by atoms with Crippen molar-refractivity contribution in [2.24, 2.45) is 0 Å². The van der Waals surface area contributed by atoms with Crippen LogP contribution in [0.2, 0.25) is 0 Å². The second-order valence-corrected chi connectivity index (χ2v) is 7.71. The fourth-order valence-electron chi connectivity index (χ4n) is 3.59. The molecule has 4 rings (SSSR count). The van der Waals surface area contributed by atoms with Crippen molar-refractivity contribution >= 4 is 34.5 Å². The van der Waals surface area contributed by atoms with Gasteiger partial charge in [0.25, 0.3) is 11.7 Å². The second kappa shape index (κ2) is 8.23. The number of carbonyl (C=O) groups is 2. The van der Waals surface area contributed by atoms with E-state index in [9.17, 15) is 19.1 Å². The number of thiophene rings is 1. The Balaban J connectivity index is 1.96. The molecule has 0 saturated carbocycles. The lowest BCUT2D eigenvalue weighted by Gasteiger charge is -2.24. The van der Waals surface area contributed by atoms with Crippen LogP contribution >= 0.6 is 11.3 Å². The van der Waals surface area contributed by atoms with Gasteiger partial charge in [0.15, 0.2) is 0 Å². The van der Waals surface area contributed by atoms with Crippen LogP contribution in [0, 0.1) is 5.82 Å². The van der Waals surface area contributed by atoms with Crippen molar-refractivity contribution in [3.63, 3.8) is 0 Å². The van der Waals surface area contributed by atoms with E-state index in [4.69, 9.17) is 9.47 Å². The number of hydrogen-bond donors (Lipinski definition) is 1. The quantitative estimate of drug-likeness (QED) is 0.359. The van der Waals surface area contributed by atoms with Crippen molar-refractivity contribution in [3.05, 3.63) is 81.8 Å². The molecule has 1 fully saturated rings. The predicted molar refractivity (Wildman–Crippen MR) is 115 cm³/mol. The van der Waals surface area contributed by atoms with Gasteiger partial charge in [-0.1, -0.05) is 12.1 Å². The summed E-state index contributed by atoms with van der Waals surface area (Å²) in [6.07, 6.45) is 0. The molecule has 1 aliphatic rings. The number of methoxy groups -OCH3 is 2. The normalized spacial score (nSPS) is 17.8. The third kappa shape index (κ3) is 3.55. The first-order valence-corrected chi connectivity index (χ1v) is 10.2. The number of amides is 1. The molecule has 8 heteroatoms. The highest BCUT2D eigenvalue weighted by atomic mass is 32.1. The number of ether oxygens (including phenoxy) is 2. The van der Waals surface area contributed by atoms with Gasteiger partial charge < -0.3 is 14.6 Å². The van der Waals surface area contributed by atoms with Crippen LogP contribution in [0.25, 0.3) is 5.76 Å².